The number of hydrogen-bond acceptors (Lipinski definition) is 5. The highest BCUT2D eigenvalue weighted by molar-refractivity contribution is 6.20. The van der Waals surface area contributed by atoms with Crippen LogP contribution in [0.25, 0.3) is 0 Å². The van der Waals surface area contributed by atoms with Gasteiger partial charge in [-0.1, -0.05) is 48.5 Å². The quantitative estimate of drug-likeness (QED) is 0.441. The van der Waals surface area contributed by atoms with Crippen LogP contribution in [0, 0.1) is 11.6 Å². The highest BCUT2D eigenvalue weighted by Gasteiger charge is 2.33. The van der Waals surface area contributed by atoms with E-state index < -0.39 is 41.6 Å². The van der Waals surface area contributed by atoms with E-state index in [1.807, 2.05) is 54.6 Å². The number of rotatable bonds is 9. The largest absolute Gasteiger partial charge is 0.383 e. The van der Waals surface area contributed by atoms with Gasteiger partial charge in [0.2, 0.25) is 18.0 Å². The fourth-order valence-corrected chi connectivity index (χ4v) is 4.28. The van der Waals surface area contributed by atoms with Crippen molar-refractivity contribution in [3.63, 3.8) is 0 Å². The van der Waals surface area contributed by atoms with Crippen molar-refractivity contribution in [2.45, 2.75) is 25.6 Å². The van der Waals surface area contributed by atoms with Crippen LogP contribution >= 0.6 is 0 Å². The van der Waals surface area contributed by atoms with Crippen LogP contribution in [0.1, 0.15) is 23.6 Å². The molecule has 2 N–H and O–H groups in total. The van der Waals surface area contributed by atoms with Crippen molar-refractivity contribution in [2.24, 2.45) is 4.99 Å². The van der Waals surface area contributed by atoms with Crippen molar-refractivity contribution in [2.75, 3.05) is 25.2 Å². The van der Waals surface area contributed by atoms with Crippen LogP contribution in [0.2, 0.25) is 0 Å². The van der Waals surface area contributed by atoms with Crippen molar-refractivity contribution in [1.29, 1.82) is 0 Å². The zero-order valence-corrected chi connectivity index (χ0v) is 21.5. The first-order valence-corrected chi connectivity index (χ1v) is 12.3. The first-order valence-electron chi connectivity index (χ1n) is 12.3. The zero-order chi connectivity index (χ0) is 27.9. The van der Waals surface area contributed by atoms with E-state index >= 15 is 0 Å². The second kappa shape index (κ2) is 12.4. The van der Waals surface area contributed by atoms with E-state index in [4.69, 9.17) is 4.74 Å². The Hall–Kier alpha value is -4.44. The molecule has 0 spiro atoms. The standard InChI is InChI=1S/C29H28F2N4O4/c1-18(32-25(36)16-19-14-21(30)17-22(31)15-19)28(37)34-27-29(38)35(12-13-39-2)24-11-7-6-10-23(24)26(33-27)20-8-4-3-5-9-20/h3-11,14-15,17-18,27H,12-13,16H2,1-2H3,(H,32,36)(H,34,37)/t18-,27?/m0/s1. The number of aliphatic imine (C=N–C) groups is 1. The molecule has 39 heavy (non-hydrogen) atoms. The molecule has 0 aromatic heterocycles. The molecule has 3 amide bonds. The number of para-hydroxylation sites is 1. The summed E-state index contributed by atoms with van der Waals surface area (Å²) in [5, 5.41) is 5.15. The average Bonchev–Trinajstić information content (AvgIpc) is 3.01. The van der Waals surface area contributed by atoms with E-state index in [0.717, 1.165) is 17.7 Å². The van der Waals surface area contributed by atoms with Gasteiger partial charge in [0, 0.05) is 30.8 Å². The Morgan fingerprint density at radius 3 is 2.38 bits per heavy atom. The molecule has 4 rings (SSSR count). The minimum atomic E-state index is -1.28. The van der Waals surface area contributed by atoms with Crippen LogP contribution in [0.4, 0.5) is 14.5 Å². The number of methoxy groups -OCH3 is 1. The van der Waals surface area contributed by atoms with Gasteiger partial charge in [-0.2, -0.15) is 0 Å². The van der Waals surface area contributed by atoms with Crippen molar-refractivity contribution in [3.05, 3.63) is 101 Å². The summed E-state index contributed by atoms with van der Waals surface area (Å²) in [5.41, 5.74) is 2.75. The number of benzodiazepines with no additional fused rings is 1. The van der Waals surface area contributed by atoms with Crippen LogP contribution < -0.4 is 15.5 Å². The lowest BCUT2D eigenvalue weighted by Crippen LogP contribution is -2.53. The van der Waals surface area contributed by atoms with Crippen LogP contribution in [0.3, 0.4) is 0 Å². The van der Waals surface area contributed by atoms with Crippen LogP contribution in [0.5, 0.6) is 0 Å². The van der Waals surface area contributed by atoms with Gasteiger partial charge in [0.25, 0.3) is 5.91 Å². The number of nitrogens with zero attached hydrogens (tertiary/aromatic N) is 2. The molecule has 0 saturated carbocycles. The van der Waals surface area contributed by atoms with Crippen LogP contribution in [-0.4, -0.2) is 55.9 Å². The predicted molar refractivity (Wildman–Crippen MR) is 142 cm³/mol. The number of halogens is 2. The van der Waals surface area contributed by atoms with E-state index in [1.54, 1.807) is 0 Å². The molecule has 202 valence electrons. The number of benzene rings is 3. The Morgan fingerprint density at radius 2 is 1.69 bits per heavy atom. The van der Waals surface area contributed by atoms with E-state index in [-0.39, 0.29) is 25.1 Å². The lowest BCUT2D eigenvalue weighted by molar-refractivity contribution is -0.130. The van der Waals surface area contributed by atoms with Gasteiger partial charge in [0.1, 0.15) is 17.7 Å². The Kier molecular flexibility index (Phi) is 8.77. The fourth-order valence-electron chi connectivity index (χ4n) is 4.28. The molecule has 3 aromatic carbocycles. The van der Waals surface area contributed by atoms with Gasteiger partial charge in [-0.25, -0.2) is 13.8 Å². The van der Waals surface area contributed by atoms with Crippen molar-refractivity contribution < 1.29 is 27.9 Å². The van der Waals surface area contributed by atoms with Gasteiger partial charge >= 0.3 is 0 Å². The third-order valence-corrected chi connectivity index (χ3v) is 6.11. The van der Waals surface area contributed by atoms with Gasteiger partial charge in [0.15, 0.2) is 0 Å². The van der Waals surface area contributed by atoms with Gasteiger partial charge in [-0.3, -0.25) is 14.4 Å². The topological polar surface area (TPSA) is 100 Å². The van der Waals surface area contributed by atoms with E-state index in [2.05, 4.69) is 15.6 Å². The predicted octanol–water partition coefficient (Wildman–Crippen LogP) is 2.98. The summed E-state index contributed by atoms with van der Waals surface area (Å²) in [6, 6.07) is 18.4. The summed E-state index contributed by atoms with van der Waals surface area (Å²) in [6.07, 6.45) is -1.61. The van der Waals surface area contributed by atoms with Gasteiger partial charge in [-0.15, -0.1) is 0 Å². The van der Waals surface area contributed by atoms with E-state index in [1.165, 1.54) is 18.9 Å². The Bertz CT molecular complexity index is 1380. The maximum Gasteiger partial charge on any atom is 0.272 e. The third kappa shape index (κ3) is 6.71. The smallest absolute Gasteiger partial charge is 0.272 e. The van der Waals surface area contributed by atoms with Crippen molar-refractivity contribution in [1.82, 2.24) is 10.6 Å². The van der Waals surface area contributed by atoms with Gasteiger partial charge in [0.05, 0.1) is 24.4 Å². The van der Waals surface area contributed by atoms with Gasteiger partial charge < -0.3 is 20.3 Å². The highest BCUT2D eigenvalue weighted by Crippen LogP contribution is 2.28. The minimum absolute atomic E-state index is 0.125. The summed E-state index contributed by atoms with van der Waals surface area (Å²) >= 11 is 0. The zero-order valence-electron chi connectivity index (χ0n) is 21.5. The monoisotopic (exact) mass is 534 g/mol. The summed E-state index contributed by atoms with van der Waals surface area (Å²) in [7, 11) is 1.53. The average molecular weight is 535 g/mol. The van der Waals surface area contributed by atoms with E-state index in [0.29, 0.717) is 23.0 Å². The highest BCUT2D eigenvalue weighted by atomic mass is 19.1. The molecule has 0 radical (unpaired) electrons. The number of amides is 3. The van der Waals surface area contributed by atoms with Crippen LogP contribution in [0.15, 0.2) is 77.8 Å². The number of carbonyl (C=O) groups is 3. The summed E-state index contributed by atoms with van der Waals surface area (Å²) in [6.45, 7) is 1.93. The lowest BCUT2D eigenvalue weighted by Gasteiger charge is -2.25. The molecule has 0 bridgehead atoms. The molecule has 0 fully saturated rings. The first-order chi connectivity index (χ1) is 18.8. The molecule has 1 aliphatic heterocycles. The summed E-state index contributed by atoms with van der Waals surface area (Å²) in [4.78, 5) is 45.4. The SMILES string of the molecule is COCCN1C(=O)C(NC(=O)[C@H](C)NC(=O)Cc2cc(F)cc(F)c2)N=C(c2ccccc2)c2ccccc21. The molecular weight excluding hydrogens is 506 g/mol. The fraction of sp³-hybridized carbons (Fsp3) is 0.241. The van der Waals surface area contributed by atoms with Crippen LogP contribution in [-0.2, 0) is 25.5 Å². The Labute approximate surface area is 224 Å². The molecule has 0 aliphatic carbocycles. The molecule has 1 unspecified atom stereocenters. The second-order valence-electron chi connectivity index (χ2n) is 9.00. The van der Waals surface area contributed by atoms with E-state index in [9.17, 15) is 23.2 Å². The summed E-state index contributed by atoms with van der Waals surface area (Å²) < 4.78 is 32.1. The molecule has 1 aliphatic rings. The number of ether oxygens (including phenoxy) is 1. The Morgan fingerprint density at radius 1 is 1.03 bits per heavy atom. The first kappa shape index (κ1) is 27.6. The number of fused-ring (bicyclic) bond motifs is 1. The molecule has 8 nitrogen and oxygen atoms in total. The number of carbonyl (C=O) groups excluding carboxylic acids is 3. The van der Waals surface area contributed by atoms with Gasteiger partial charge in [-0.05, 0) is 30.7 Å². The molecule has 3 aromatic rings. The molecule has 10 heteroatoms. The van der Waals surface area contributed by atoms with Crippen molar-refractivity contribution >= 4 is 29.1 Å². The molecule has 1 heterocycles. The number of anilines is 1. The molecule has 0 saturated heterocycles. The summed E-state index contributed by atoms with van der Waals surface area (Å²) in [5.74, 6) is -3.34. The Balaban J connectivity index is 1.58. The maximum absolute atomic E-state index is 13.7. The number of nitrogens with one attached hydrogen (secondary N) is 2. The van der Waals surface area contributed by atoms with Crippen molar-refractivity contribution in [3.8, 4) is 0 Å². The lowest BCUT2D eigenvalue weighted by atomic mass is 10.0. The third-order valence-electron chi connectivity index (χ3n) is 6.11. The minimum Gasteiger partial charge on any atom is -0.383 e. The number of hydrogen-bond donors (Lipinski definition) is 2. The second-order valence-corrected chi connectivity index (χ2v) is 9.00. The molecule has 2 atom stereocenters. The maximum atomic E-state index is 13.7. The normalized spacial score (nSPS) is 15.6. The molecular formula is C29H28F2N4O4.